The van der Waals surface area contributed by atoms with Crippen LogP contribution < -0.4 is 10.5 Å². The Morgan fingerprint density at radius 3 is 2.45 bits per heavy atom. The fourth-order valence-corrected chi connectivity index (χ4v) is 3.86. The smallest absolute Gasteiger partial charge is 0.264 e. The van der Waals surface area contributed by atoms with Crippen molar-refractivity contribution in [2.45, 2.75) is 13.0 Å². The lowest BCUT2D eigenvalue weighted by Crippen LogP contribution is -2.49. The molecule has 0 unspecified atom stereocenters. The summed E-state index contributed by atoms with van der Waals surface area (Å²) in [7, 11) is 0. The van der Waals surface area contributed by atoms with Gasteiger partial charge in [-0.05, 0) is 30.3 Å². The minimum absolute atomic E-state index is 0.0161. The molecule has 33 heavy (non-hydrogen) atoms. The van der Waals surface area contributed by atoms with Gasteiger partial charge in [-0.2, -0.15) is 5.10 Å². The number of nitrogens with zero attached hydrogens (tertiary/aromatic N) is 8. The zero-order valence-electron chi connectivity index (χ0n) is 17.7. The first-order valence-corrected chi connectivity index (χ1v) is 10.6. The van der Waals surface area contributed by atoms with E-state index in [1.807, 2.05) is 4.90 Å². The molecule has 1 aromatic carbocycles. The Kier molecular flexibility index (Phi) is 5.51. The molecular weight excluding hydrogens is 427 g/mol. The number of carbonyl (C=O) groups excluding carboxylic acids is 1. The van der Waals surface area contributed by atoms with Gasteiger partial charge in [0.1, 0.15) is 11.2 Å². The molecule has 0 spiro atoms. The van der Waals surface area contributed by atoms with Gasteiger partial charge in [-0.1, -0.05) is 0 Å². The van der Waals surface area contributed by atoms with E-state index in [1.54, 1.807) is 35.5 Å². The van der Waals surface area contributed by atoms with Gasteiger partial charge in [-0.25, -0.2) is 24.0 Å². The number of amides is 1. The molecule has 11 heteroatoms. The number of hydrogen-bond donors (Lipinski definition) is 0. The van der Waals surface area contributed by atoms with Gasteiger partial charge in [0.05, 0.1) is 18.2 Å². The fourth-order valence-electron chi connectivity index (χ4n) is 3.86. The highest BCUT2D eigenvalue weighted by atomic mass is 19.1. The molecular formula is C22H21FN8O2. The van der Waals surface area contributed by atoms with Gasteiger partial charge in [0.15, 0.2) is 5.65 Å². The molecule has 0 bridgehead atoms. The van der Waals surface area contributed by atoms with E-state index in [9.17, 15) is 14.0 Å². The third-order valence-corrected chi connectivity index (χ3v) is 5.66. The van der Waals surface area contributed by atoms with Gasteiger partial charge in [0, 0.05) is 51.5 Å². The highest BCUT2D eigenvalue weighted by Crippen LogP contribution is 2.15. The fraction of sp³-hybridized carbons (Fsp3) is 0.273. The van der Waals surface area contributed by atoms with Crippen molar-refractivity contribution in [2.75, 3.05) is 31.1 Å². The topological polar surface area (TPSA) is 102 Å². The number of benzene rings is 1. The van der Waals surface area contributed by atoms with E-state index in [1.165, 1.54) is 33.9 Å². The average molecular weight is 448 g/mol. The number of rotatable bonds is 5. The summed E-state index contributed by atoms with van der Waals surface area (Å²) >= 11 is 0. The van der Waals surface area contributed by atoms with Crippen LogP contribution in [0, 0.1) is 5.82 Å². The number of aromatic nitrogens is 6. The Morgan fingerprint density at radius 1 is 1.00 bits per heavy atom. The maximum atomic E-state index is 13.2. The molecule has 0 aliphatic carbocycles. The summed E-state index contributed by atoms with van der Waals surface area (Å²) in [5.74, 6) is 0.291. The molecule has 1 amide bonds. The van der Waals surface area contributed by atoms with Gasteiger partial charge in [-0.3, -0.25) is 14.2 Å². The molecule has 168 valence electrons. The summed E-state index contributed by atoms with van der Waals surface area (Å²) in [5.41, 5.74) is 0.715. The predicted molar refractivity (Wildman–Crippen MR) is 119 cm³/mol. The molecule has 1 saturated heterocycles. The lowest BCUT2D eigenvalue weighted by molar-refractivity contribution is -0.131. The number of halogens is 1. The van der Waals surface area contributed by atoms with Gasteiger partial charge in [-0.15, -0.1) is 0 Å². The molecule has 0 N–H and O–H groups in total. The van der Waals surface area contributed by atoms with Crippen LogP contribution in [0.4, 0.5) is 10.3 Å². The first kappa shape index (κ1) is 20.7. The van der Waals surface area contributed by atoms with Gasteiger partial charge in [0.2, 0.25) is 11.9 Å². The van der Waals surface area contributed by atoms with Gasteiger partial charge < -0.3 is 9.80 Å². The molecule has 0 saturated carbocycles. The second-order valence-electron chi connectivity index (χ2n) is 7.68. The van der Waals surface area contributed by atoms with Crippen molar-refractivity contribution in [2.24, 2.45) is 0 Å². The van der Waals surface area contributed by atoms with Crippen molar-refractivity contribution in [3.05, 3.63) is 71.4 Å². The van der Waals surface area contributed by atoms with Crippen LogP contribution in [-0.2, 0) is 11.3 Å². The van der Waals surface area contributed by atoms with Crippen molar-refractivity contribution in [1.82, 2.24) is 34.2 Å². The van der Waals surface area contributed by atoms with E-state index in [-0.39, 0.29) is 30.2 Å². The van der Waals surface area contributed by atoms with E-state index in [0.717, 1.165) is 0 Å². The molecule has 4 aromatic rings. The second kappa shape index (κ2) is 8.77. The zero-order valence-corrected chi connectivity index (χ0v) is 17.7. The average Bonchev–Trinajstić information content (AvgIpc) is 3.29. The van der Waals surface area contributed by atoms with Crippen LogP contribution >= 0.6 is 0 Å². The van der Waals surface area contributed by atoms with Crippen LogP contribution in [0.25, 0.3) is 16.7 Å². The van der Waals surface area contributed by atoms with Crippen molar-refractivity contribution in [3.8, 4) is 5.69 Å². The number of anilines is 1. The highest BCUT2D eigenvalue weighted by Gasteiger charge is 2.22. The van der Waals surface area contributed by atoms with E-state index >= 15 is 0 Å². The van der Waals surface area contributed by atoms with Crippen molar-refractivity contribution < 1.29 is 9.18 Å². The van der Waals surface area contributed by atoms with E-state index < -0.39 is 0 Å². The minimum atomic E-state index is -0.356. The van der Waals surface area contributed by atoms with Crippen LogP contribution in [-0.4, -0.2) is 66.3 Å². The van der Waals surface area contributed by atoms with Crippen LogP contribution in [0.15, 0.2) is 60.0 Å². The molecule has 1 fully saturated rings. The second-order valence-corrected chi connectivity index (χ2v) is 7.68. The summed E-state index contributed by atoms with van der Waals surface area (Å²) < 4.78 is 16.1. The summed E-state index contributed by atoms with van der Waals surface area (Å²) in [6.45, 7) is 2.70. The third-order valence-electron chi connectivity index (χ3n) is 5.66. The predicted octanol–water partition coefficient (Wildman–Crippen LogP) is 1.25. The Morgan fingerprint density at radius 2 is 1.73 bits per heavy atom. The highest BCUT2D eigenvalue weighted by molar-refractivity contribution is 5.77. The maximum Gasteiger partial charge on any atom is 0.264 e. The molecule has 0 radical (unpaired) electrons. The monoisotopic (exact) mass is 448 g/mol. The number of aryl methyl sites for hydroxylation is 1. The van der Waals surface area contributed by atoms with E-state index in [4.69, 9.17) is 0 Å². The maximum absolute atomic E-state index is 13.2. The lowest BCUT2D eigenvalue weighted by atomic mass is 10.2. The quantitative estimate of drug-likeness (QED) is 0.453. The number of piperazine rings is 1. The van der Waals surface area contributed by atoms with E-state index in [0.29, 0.717) is 48.8 Å². The largest absolute Gasteiger partial charge is 0.339 e. The summed E-state index contributed by atoms with van der Waals surface area (Å²) in [4.78, 5) is 42.3. The van der Waals surface area contributed by atoms with Gasteiger partial charge in [0.25, 0.3) is 5.56 Å². The first-order valence-electron chi connectivity index (χ1n) is 10.6. The molecule has 3 aromatic heterocycles. The SMILES string of the molecule is O=C(CCn1cnc2c(cnn2-c2ccc(F)cc2)c1=O)N1CCN(c2ncccn2)CC1. The number of hydrogen-bond acceptors (Lipinski definition) is 7. The van der Waals surface area contributed by atoms with Crippen molar-refractivity contribution in [3.63, 3.8) is 0 Å². The normalized spacial score (nSPS) is 14.1. The standard InChI is InChI=1S/C22H21FN8O2/c23-16-2-4-17(5-3-16)31-20-18(14-27-31)21(33)30(15-26-20)9-6-19(32)28-10-12-29(13-11-28)22-24-7-1-8-25-22/h1-5,7-8,14-15H,6,9-13H2. The lowest BCUT2D eigenvalue weighted by Gasteiger charge is -2.34. The van der Waals surface area contributed by atoms with Crippen LogP contribution in [0.5, 0.6) is 0 Å². The van der Waals surface area contributed by atoms with Crippen LogP contribution in [0.3, 0.4) is 0 Å². The van der Waals surface area contributed by atoms with Crippen LogP contribution in [0.2, 0.25) is 0 Å². The van der Waals surface area contributed by atoms with Gasteiger partial charge >= 0.3 is 0 Å². The number of fused-ring (bicyclic) bond motifs is 1. The van der Waals surface area contributed by atoms with Crippen molar-refractivity contribution >= 4 is 22.9 Å². The molecule has 4 heterocycles. The minimum Gasteiger partial charge on any atom is -0.339 e. The molecule has 10 nitrogen and oxygen atoms in total. The Hall–Kier alpha value is -4.15. The molecule has 0 atom stereocenters. The zero-order chi connectivity index (χ0) is 22.8. The Bertz CT molecular complexity index is 1330. The summed E-state index contributed by atoms with van der Waals surface area (Å²) in [6, 6.07) is 7.55. The number of carbonyl (C=O) groups is 1. The first-order chi connectivity index (χ1) is 16.1. The Balaban J connectivity index is 1.24. The summed E-state index contributed by atoms with van der Waals surface area (Å²) in [5, 5.41) is 4.56. The van der Waals surface area contributed by atoms with Crippen LogP contribution in [0.1, 0.15) is 6.42 Å². The molecule has 1 aliphatic rings. The summed E-state index contributed by atoms with van der Waals surface area (Å²) in [6.07, 6.45) is 6.46. The molecule has 1 aliphatic heterocycles. The third kappa shape index (κ3) is 4.16. The molecule has 5 rings (SSSR count). The van der Waals surface area contributed by atoms with E-state index in [2.05, 4.69) is 20.1 Å². The van der Waals surface area contributed by atoms with Crippen molar-refractivity contribution in [1.29, 1.82) is 0 Å². The Labute approximate surface area is 187 Å².